The third kappa shape index (κ3) is 2.08. The average molecular weight is 271 g/mol. The summed E-state index contributed by atoms with van der Waals surface area (Å²) in [5.41, 5.74) is 5.28. The number of aromatic nitrogens is 1. The number of halogens is 1. The molecule has 0 atom stereocenters. The van der Waals surface area contributed by atoms with Crippen molar-refractivity contribution in [1.29, 1.82) is 0 Å². The highest BCUT2D eigenvalue weighted by Gasteiger charge is 2.13. The fraction of sp³-hybridized carbons (Fsp3) is 0.0667. The number of benzene rings is 2. The quantitative estimate of drug-likeness (QED) is 0.732. The van der Waals surface area contributed by atoms with E-state index in [-0.39, 0.29) is 5.82 Å². The minimum atomic E-state index is -0.284. The van der Waals surface area contributed by atoms with Crippen LogP contribution in [0.1, 0.15) is 11.1 Å². The molecule has 0 spiro atoms. The summed E-state index contributed by atoms with van der Waals surface area (Å²) in [7, 11) is 0. The van der Waals surface area contributed by atoms with Crippen LogP contribution in [0.2, 0.25) is 0 Å². The lowest BCUT2D eigenvalue weighted by Crippen LogP contribution is -1.98. The third-order valence-electron chi connectivity index (χ3n) is 3.05. The van der Waals surface area contributed by atoms with Crippen LogP contribution in [0.15, 0.2) is 35.8 Å². The molecule has 0 aliphatic rings. The summed E-state index contributed by atoms with van der Waals surface area (Å²) in [5.74, 6) is -0.284. The van der Waals surface area contributed by atoms with Crippen LogP contribution in [0, 0.1) is 19.7 Å². The van der Waals surface area contributed by atoms with Gasteiger partial charge in [0, 0.05) is 5.69 Å². The molecule has 1 heterocycles. The van der Waals surface area contributed by atoms with Crippen LogP contribution in [-0.4, -0.2) is 4.98 Å². The fourth-order valence-corrected chi connectivity index (χ4v) is 2.71. The van der Waals surface area contributed by atoms with Crippen LogP contribution in [0.25, 0.3) is 10.2 Å². The van der Waals surface area contributed by atoms with Crippen molar-refractivity contribution < 1.29 is 4.39 Å². The molecule has 1 radical (unpaired) electrons. The zero-order chi connectivity index (χ0) is 13.4. The highest BCUT2D eigenvalue weighted by Crippen LogP contribution is 2.32. The summed E-state index contributed by atoms with van der Waals surface area (Å²) in [6, 6.07) is 9.57. The first-order valence-corrected chi connectivity index (χ1v) is 6.75. The molecule has 19 heavy (non-hydrogen) atoms. The number of para-hydroxylation sites is 1. The lowest BCUT2D eigenvalue weighted by Gasteiger charge is -2.13. The first kappa shape index (κ1) is 12.1. The van der Waals surface area contributed by atoms with Crippen LogP contribution < -0.4 is 5.32 Å². The Morgan fingerprint density at radius 3 is 2.89 bits per heavy atom. The van der Waals surface area contributed by atoms with Gasteiger partial charge in [-0.05, 0) is 37.1 Å². The van der Waals surface area contributed by atoms with Gasteiger partial charge in [0.25, 0.3) is 0 Å². The molecule has 0 bridgehead atoms. The SMILES string of the molecule is [CH2]c1cc2ncsc2c(F)c1Nc1ccccc1C. The molecule has 0 amide bonds. The predicted octanol–water partition coefficient (Wildman–Crippen LogP) is 4.67. The van der Waals surface area contributed by atoms with Crippen LogP contribution in [0.5, 0.6) is 0 Å². The topological polar surface area (TPSA) is 24.9 Å². The molecule has 1 aromatic heterocycles. The van der Waals surface area contributed by atoms with Crippen molar-refractivity contribution in [2.24, 2.45) is 0 Å². The molecule has 1 N–H and O–H groups in total. The zero-order valence-electron chi connectivity index (χ0n) is 10.4. The van der Waals surface area contributed by atoms with Crippen LogP contribution in [0.3, 0.4) is 0 Å². The third-order valence-corrected chi connectivity index (χ3v) is 3.89. The van der Waals surface area contributed by atoms with Crippen molar-refractivity contribution in [3.05, 3.63) is 59.7 Å². The van der Waals surface area contributed by atoms with Crippen LogP contribution in [0.4, 0.5) is 15.8 Å². The van der Waals surface area contributed by atoms with Gasteiger partial charge in [0.2, 0.25) is 0 Å². The molecular formula is C15H12FN2S. The maximum atomic E-state index is 14.4. The summed E-state index contributed by atoms with van der Waals surface area (Å²) in [6.45, 7) is 5.88. The second-order valence-corrected chi connectivity index (χ2v) is 5.22. The molecule has 0 fully saturated rings. The number of rotatable bonds is 2. The molecule has 4 heteroatoms. The van der Waals surface area contributed by atoms with Gasteiger partial charge in [0.05, 0.1) is 21.4 Å². The summed E-state index contributed by atoms with van der Waals surface area (Å²) >= 11 is 1.30. The number of fused-ring (bicyclic) bond motifs is 1. The Balaban J connectivity index is 2.12. The first-order chi connectivity index (χ1) is 9.16. The lowest BCUT2D eigenvalue weighted by atomic mass is 10.1. The van der Waals surface area contributed by atoms with E-state index in [4.69, 9.17) is 0 Å². The fourth-order valence-electron chi connectivity index (χ4n) is 2.00. The molecule has 0 aliphatic heterocycles. The molecule has 95 valence electrons. The summed E-state index contributed by atoms with van der Waals surface area (Å²) in [4.78, 5) is 4.12. The minimum Gasteiger partial charge on any atom is -0.353 e. The second-order valence-electron chi connectivity index (χ2n) is 4.37. The van der Waals surface area contributed by atoms with Crippen molar-refractivity contribution in [3.63, 3.8) is 0 Å². The molecule has 3 aromatic rings. The first-order valence-electron chi connectivity index (χ1n) is 5.87. The molecule has 3 rings (SSSR count). The average Bonchev–Trinajstić information content (AvgIpc) is 2.84. The Hall–Kier alpha value is -1.94. The number of anilines is 2. The standard InChI is InChI=1S/C15H12FN2S/c1-9-5-3-4-6-11(9)18-14-10(2)7-12-15(13(14)16)19-8-17-12/h3-8,18H,2H2,1H3. The number of thiazole rings is 1. The van der Waals surface area contributed by atoms with Crippen molar-refractivity contribution >= 4 is 32.9 Å². The van der Waals surface area contributed by atoms with Gasteiger partial charge < -0.3 is 5.32 Å². The number of nitrogens with zero attached hydrogens (tertiary/aromatic N) is 1. The zero-order valence-corrected chi connectivity index (χ0v) is 11.2. The summed E-state index contributed by atoms with van der Waals surface area (Å²) < 4.78 is 15.0. The van der Waals surface area contributed by atoms with Gasteiger partial charge >= 0.3 is 0 Å². The smallest absolute Gasteiger partial charge is 0.166 e. The van der Waals surface area contributed by atoms with E-state index in [2.05, 4.69) is 17.2 Å². The maximum absolute atomic E-state index is 14.4. The lowest BCUT2D eigenvalue weighted by molar-refractivity contribution is 0.645. The van der Waals surface area contributed by atoms with Crippen molar-refractivity contribution in [1.82, 2.24) is 4.98 Å². The molecule has 2 aromatic carbocycles. The number of nitrogens with one attached hydrogen (secondary N) is 1. The van der Waals surface area contributed by atoms with E-state index in [1.165, 1.54) is 11.3 Å². The van der Waals surface area contributed by atoms with E-state index >= 15 is 0 Å². The molecule has 2 nitrogen and oxygen atoms in total. The Labute approximate surface area is 114 Å². The van der Waals surface area contributed by atoms with Crippen molar-refractivity contribution in [2.75, 3.05) is 5.32 Å². The van der Waals surface area contributed by atoms with E-state index in [1.54, 1.807) is 11.6 Å². The number of hydrogen-bond acceptors (Lipinski definition) is 3. The van der Waals surface area contributed by atoms with Crippen LogP contribution in [-0.2, 0) is 0 Å². The van der Waals surface area contributed by atoms with E-state index in [1.807, 2.05) is 31.2 Å². The van der Waals surface area contributed by atoms with Gasteiger partial charge in [0.15, 0.2) is 5.82 Å². The molecule has 0 unspecified atom stereocenters. The Kier molecular flexibility index (Phi) is 2.95. The molecule has 0 aliphatic carbocycles. The maximum Gasteiger partial charge on any atom is 0.166 e. The predicted molar refractivity (Wildman–Crippen MR) is 78.5 cm³/mol. The van der Waals surface area contributed by atoms with Gasteiger partial charge in [-0.2, -0.15) is 0 Å². The monoisotopic (exact) mass is 271 g/mol. The van der Waals surface area contributed by atoms with E-state index in [0.29, 0.717) is 21.5 Å². The summed E-state index contributed by atoms with van der Waals surface area (Å²) in [6.07, 6.45) is 0. The van der Waals surface area contributed by atoms with Gasteiger partial charge in [0.1, 0.15) is 0 Å². The molecule has 0 saturated heterocycles. The van der Waals surface area contributed by atoms with Crippen molar-refractivity contribution in [3.8, 4) is 0 Å². The normalized spacial score (nSPS) is 10.9. The molecule has 0 saturated carbocycles. The highest BCUT2D eigenvalue weighted by molar-refractivity contribution is 7.16. The number of aryl methyl sites for hydroxylation is 1. The molecular weight excluding hydrogens is 259 g/mol. The largest absolute Gasteiger partial charge is 0.353 e. The Bertz CT molecular complexity index is 749. The minimum absolute atomic E-state index is 0.284. The highest BCUT2D eigenvalue weighted by atomic mass is 32.1. The van der Waals surface area contributed by atoms with Gasteiger partial charge in [-0.1, -0.05) is 18.2 Å². The van der Waals surface area contributed by atoms with E-state index in [0.717, 1.165) is 11.3 Å². The number of hydrogen-bond donors (Lipinski definition) is 1. The summed E-state index contributed by atoms with van der Waals surface area (Å²) in [5, 5.41) is 3.13. The van der Waals surface area contributed by atoms with Gasteiger partial charge in [-0.15, -0.1) is 11.3 Å². The van der Waals surface area contributed by atoms with Crippen LogP contribution >= 0.6 is 11.3 Å². The van der Waals surface area contributed by atoms with E-state index in [9.17, 15) is 4.39 Å². The Morgan fingerprint density at radius 1 is 1.32 bits per heavy atom. The van der Waals surface area contributed by atoms with Gasteiger partial charge in [-0.25, -0.2) is 9.37 Å². The second kappa shape index (κ2) is 4.63. The van der Waals surface area contributed by atoms with E-state index < -0.39 is 0 Å². The van der Waals surface area contributed by atoms with Gasteiger partial charge in [-0.3, -0.25) is 0 Å². The van der Waals surface area contributed by atoms with Crippen molar-refractivity contribution in [2.45, 2.75) is 6.92 Å². The Morgan fingerprint density at radius 2 is 2.11 bits per heavy atom.